The van der Waals surface area contributed by atoms with E-state index < -0.39 is 5.97 Å². The van der Waals surface area contributed by atoms with Gasteiger partial charge in [0.1, 0.15) is 6.42 Å². The van der Waals surface area contributed by atoms with E-state index in [2.05, 4.69) is 4.74 Å². The number of carbonyl (C=O) groups excluding carboxylic acids is 1. The molecular formula is C7H11NO3. The normalized spacial score (nSPS) is 8.73. The Labute approximate surface area is 65.4 Å². The number of unbranched alkanes of at least 4 members (excludes halogenated alkanes) is 1. The van der Waals surface area contributed by atoms with Crippen molar-refractivity contribution >= 4 is 5.97 Å². The van der Waals surface area contributed by atoms with Crippen LogP contribution in [0.5, 0.6) is 0 Å². The lowest BCUT2D eigenvalue weighted by atomic mass is 10.3. The van der Waals surface area contributed by atoms with Crippen molar-refractivity contribution < 1.29 is 14.6 Å². The van der Waals surface area contributed by atoms with E-state index in [1.165, 1.54) is 0 Å². The summed E-state index contributed by atoms with van der Waals surface area (Å²) in [6.07, 6.45) is 1.08. The minimum Gasteiger partial charge on any atom is -0.465 e. The summed E-state index contributed by atoms with van der Waals surface area (Å²) in [6, 6.07) is 1.68. The van der Waals surface area contributed by atoms with Crippen LogP contribution < -0.4 is 0 Å². The van der Waals surface area contributed by atoms with Crippen molar-refractivity contribution in [3.8, 4) is 6.07 Å². The summed E-state index contributed by atoms with van der Waals surface area (Å²) in [6.45, 7) is 0.400. The van der Waals surface area contributed by atoms with Crippen molar-refractivity contribution in [3.05, 3.63) is 0 Å². The number of hydrogen-bond acceptors (Lipinski definition) is 4. The highest BCUT2D eigenvalue weighted by atomic mass is 16.5. The SMILES string of the molecule is N#CCC(=O)OCCCCO. The highest BCUT2D eigenvalue weighted by Gasteiger charge is 1.99. The molecule has 11 heavy (non-hydrogen) atoms. The van der Waals surface area contributed by atoms with Crippen molar-refractivity contribution in [3.63, 3.8) is 0 Å². The van der Waals surface area contributed by atoms with Crippen molar-refractivity contribution in [1.29, 1.82) is 5.26 Å². The molecule has 4 nitrogen and oxygen atoms in total. The minimum atomic E-state index is -0.495. The van der Waals surface area contributed by atoms with Crippen LogP contribution in [-0.4, -0.2) is 24.3 Å². The van der Waals surface area contributed by atoms with Gasteiger partial charge in [0.15, 0.2) is 0 Å². The van der Waals surface area contributed by atoms with Gasteiger partial charge in [-0.15, -0.1) is 0 Å². The van der Waals surface area contributed by atoms with E-state index >= 15 is 0 Å². The van der Waals surface area contributed by atoms with Gasteiger partial charge < -0.3 is 9.84 Å². The standard InChI is InChI=1S/C7H11NO3/c8-4-3-7(10)11-6-2-1-5-9/h9H,1-3,5-6H2. The number of aliphatic hydroxyl groups is 1. The molecule has 0 spiro atoms. The maximum absolute atomic E-state index is 10.5. The van der Waals surface area contributed by atoms with Gasteiger partial charge >= 0.3 is 5.97 Å². The van der Waals surface area contributed by atoms with Crippen LogP contribution in [0, 0.1) is 11.3 Å². The fourth-order valence-corrected chi connectivity index (χ4v) is 0.515. The van der Waals surface area contributed by atoms with Crippen LogP contribution in [0.25, 0.3) is 0 Å². The van der Waals surface area contributed by atoms with E-state index in [9.17, 15) is 4.79 Å². The molecule has 0 aliphatic carbocycles. The van der Waals surface area contributed by atoms with Crippen LogP contribution in [0.3, 0.4) is 0 Å². The lowest BCUT2D eigenvalue weighted by molar-refractivity contribution is -0.142. The largest absolute Gasteiger partial charge is 0.465 e. The van der Waals surface area contributed by atoms with E-state index in [4.69, 9.17) is 10.4 Å². The Morgan fingerprint density at radius 1 is 1.55 bits per heavy atom. The molecule has 0 radical (unpaired) electrons. The van der Waals surface area contributed by atoms with Gasteiger partial charge in [-0.1, -0.05) is 0 Å². The average molecular weight is 157 g/mol. The van der Waals surface area contributed by atoms with Crippen LogP contribution in [0.1, 0.15) is 19.3 Å². The second kappa shape index (κ2) is 7.03. The molecule has 0 unspecified atom stereocenters. The number of esters is 1. The van der Waals surface area contributed by atoms with E-state index in [0.717, 1.165) is 0 Å². The molecule has 0 fully saturated rings. The third-order valence-electron chi connectivity index (χ3n) is 1.04. The molecule has 0 saturated carbocycles. The zero-order valence-electron chi connectivity index (χ0n) is 6.25. The first-order valence-electron chi connectivity index (χ1n) is 3.44. The van der Waals surface area contributed by atoms with E-state index in [1.54, 1.807) is 6.07 Å². The third kappa shape index (κ3) is 6.81. The monoisotopic (exact) mass is 157 g/mol. The molecule has 0 bridgehead atoms. The van der Waals surface area contributed by atoms with Gasteiger partial charge in [0, 0.05) is 6.61 Å². The molecule has 62 valence electrons. The summed E-state index contributed by atoms with van der Waals surface area (Å²) < 4.78 is 4.61. The van der Waals surface area contributed by atoms with Gasteiger partial charge in [-0.2, -0.15) is 5.26 Å². The number of carbonyl (C=O) groups is 1. The maximum atomic E-state index is 10.5. The van der Waals surface area contributed by atoms with Crippen molar-refractivity contribution in [1.82, 2.24) is 0 Å². The Kier molecular flexibility index (Phi) is 6.34. The fraction of sp³-hybridized carbons (Fsp3) is 0.714. The highest BCUT2D eigenvalue weighted by Crippen LogP contribution is 1.90. The quantitative estimate of drug-likeness (QED) is 0.457. The molecule has 0 rings (SSSR count). The molecule has 0 aromatic carbocycles. The van der Waals surface area contributed by atoms with Gasteiger partial charge in [-0.25, -0.2) is 0 Å². The predicted molar refractivity (Wildman–Crippen MR) is 37.5 cm³/mol. The molecule has 0 aromatic heterocycles. The number of aliphatic hydroxyl groups excluding tert-OH is 1. The lowest BCUT2D eigenvalue weighted by Crippen LogP contribution is -2.04. The van der Waals surface area contributed by atoms with Gasteiger partial charge in [-0.3, -0.25) is 4.79 Å². The maximum Gasteiger partial charge on any atom is 0.320 e. The molecule has 0 aliphatic heterocycles. The number of nitrogens with zero attached hydrogens (tertiary/aromatic N) is 1. The number of nitriles is 1. The van der Waals surface area contributed by atoms with Crippen molar-refractivity contribution in [2.45, 2.75) is 19.3 Å². The molecule has 0 aromatic rings. The molecule has 1 N–H and O–H groups in total. The first kappa shape index (κ1) is 9.92. The number of rotatable bonds is 5. The zero-order valence-corrected chi connectivity index (χ0v) is 6.25. The van der Waals surface area contributed by atoms with Gasteiger partial charge in [0.25, 0.3) is 0 Å². The Hall–Kier alpha value is -1.08. The summed E-state index contributed by atoms with van der Waals surface area (Å²) >= 11 is 0. The molecule has 0 atom stereocenters. The first-order chi connectivity index (χ1) is 5.31. The first-order valence-corrected chi connectivity index (χ1v) is 3.44. The minimum absolute atomic E-state index is 0.107. The lowest BCUT2D eigenvalue weighted by Gasteiger charge is -1.99. The Morgan fingerprint density at radius 2 is 2.27 bits per heavy atom. The Bertz CT molecular complexity index is 150. The summed E-state index contributed by atoms with van der Waals surface area (Å²) in [7, 11) is 0. The molecule has 0 heterocycles. The van der Waals surface area contributed by atoms with Gasteiger partial charge in [0.05, 0.1) is 12.7 Å². The second-order valence-electron chi connectivity index (χ2n) is 1.99. The van der Waals surface area contributed by atoms with Crippen LogP contribution in [-0.2, 0) is 9.53 Å². The van der Waals surface area contributed by atoms with Gasteiger partial charge in [0.2, 0.25) is 0 Å². The van der Waals surface area contributed by atoms with Crippen LogP contribution in [0.4, 0.5) is 0 Å². The van der Waals surface area contributed by atoms with Crippen LogP contribution in [0.2, 0.25) is 0 Å². The Balaban J connectivity index is 3.12. The second-order valence-corrected chi connectivity index (χ2v) is 1.99. The molecule has 0 aliphatic rings. The fourth-order valence-electron chi connectivity index (χ4n) is 0.515. The zero-order chi connectivity index (χ0) is 8.53. The molecule has 4 heteroatoms. The summed E-state index contributed by atoms with van der Waals surface area (Å²) in [4.78, 5) is 10.5. The third-order valence-corrected chi connectivity index (χ3v) is 1.04. The van der Waals surface area contributed by atoms with E-state index in [1.807, 2.05) is 0 Å². The average Bonchev–Trinajstić information content (AvgIpc) is 1.99. The summed E-state index contributed by atoms with van der Waals surface area (Å²) in [5.41, 5.74) is 0. The molecule has 0 saturated heterocycles. The van der Waals surface area contributed by atoms with E-state index in [-0.39, 0.29) is 13.0 Å². The van der Waals surface area contributed by atoms with Crippen molar-refractivity contribution in [2.75, 3.05) is 13.2 Å². The number of hydrogen-bond donors (Lipinski definition) is 1. The summed E-state index contributed by atoms with van der Waals surface area (Å²) in [5.74, 6) is -0.495. The molecular weight excluding hydrogens is 146 g/mol. The number of ether oxygens (including phenoxy) is 1. The predicted octanol–water partition coefficient (Wildman–Crippen LogP) is 0.216. The topological polar surface area (TPSA) is 70.3 Å². The smallest absolute Gasteiger partial charge is 0.320 e. The van der Waals surface area contributed by atoms with Crippen molar-refractivity contribution in [2.24, 2.45) is 0 Å². The van der Waals surface area contributed by atoms with Gasteiger partial charge in [-0.05, 0) is 12.8 Å². The summed E-state index contributed by atoms with van der Waals surface area (Å²) in [5, 5.41) is 16.4. The Morgan fingerprint density at radius 3 is 2.82 bits per heavy atom. The van der Waals surface area contributed by atoms with Crippen LogP contribution >= 0.6 is 0 Å². The molecule has 0 amide bonds. The van der Waals surface area contributed by atoms with E-state index in [0.29, 0.717) is 19.4 Å². The highest BCUT2D eigenvalue weighted by molar-refractivity contribution is 5.71. The van der Waals surface area contributed by atoms with Crippen LogP contribution in [0.15, 0.2) is 0 Å².